The zero-order valence-electron chi connectivity index (χ0n) is 12.8. The SMILES string of the molecule is N#CCC(=O)N1CCCN(C(=O)c2ccccc2C(F)(F)F)CC1. The molecule has 1 aromatic carbocycles. The molecule has 1 aliphatic rings. The first-order valence-corrected chi connectivity index (χ1v) is 7.45. The van der Waals surface area contributed by atoms with Gasteiger partial charge in [-0.1, -0.05) is 12.1 Å². The Hall–Kier alpha value is -2.56. The summed E-state index contributed by atoms with van der Waals surface area (Å²) in [6, 6.07) is 6.45. The molecular weight excluding hydrogens is 323 g/mol. The number of benzene rings is 1. The first kappa shape index (κ1) is 17.8. The minimum atomic E-state index is -4.60. The molecule has 5 nitrogen and oxygen atoms in total. The van der Waals surface area contributed by atoms with Gasteiger partial charge in [0, 0.05) is 26.2 Å². The second-order valence-electron chi connectivity index (χ2n) is 5.40. The van der Waals surface area contributed by atoms with Crippen LogP contribution in [0, 0.1) is 11.3 Å². The molecule has 1 heterocycles. The summed E-state index contributed by atoms with van der Waals surface area (Å²) < 4.78 is 39.2. The quantitative estimate of drug-likeness (QED) is 0.830. The Morgan fingerprint density at radius 1 is 1.08 bits per heavy atom. The third-order valence-corrected chi connectivity index (χ3v) is 3.83. The molecule has 0 radical (unpaired) electrons. The van der Waals surface area contributed by atoms with Crippen LogP contribution >= 0.6 is 0 Å². The molecule has 8 heteroatoms. The Morgan fingerprint density at radius 3 is 2.38 bits per heavy atom. The van der Waals surface area contributed by atoms with Crippen molar-refractivity contribution in [2.45, 2.75) is 19.0 Å². The van der Waals surface area contributed by atoms with Gasteiger partial charge in [0.15, 0.2) is 0 Å². The van der Waals surface area contributed by atoms with Crippen molar-refractivity contribution in [2.24, 2.45) is 0 Å². The summed E-state index contributed by atoms with van der Waals surface area (Å²) in [4.78, 5) is 27.0. The average Bonchev–Trinajstić information content (AvgIpc) is 2.79. The zero-order chi connectivity index (χ0) is 17.7. The van der Waals surface area contributed by atoms with E-state index in [1.54, 1.807) is 6.07 Å². The zero-order valence-corrected chi connectivity index (χ0v) is 12.8. The third kappa shape index (κ3) is 4.04. The summed E-state index contributed by atoms with van der Waals surface area (Å²) in [6.07, 6.45) is -4.39. The van der Waals surface area contributed by atoms with Crippen molar-refractivity contribution < 1.29 is 22.8 Å². The fraction of sp³-hybridized carbons (Fsp3) is 0.438. The first-order valence-electron chi connectivity index (χ1n) is 7.45. The molecule has 1 aliphatic heterocycles. The molecule has 128 valence electrons. The van der Waals surface area contributed by atoms with Crippen molar-refractivity contribution in [1.29, 1.82) is 5.26 Å². The Labute approximate surface area is 137 Å². The molecule has 0 spiro atoms. The van der Waals surface area contributed by atoms with Gasteiger partial charge in [0.25, 0.3) is 5.91 Å². The summed E-state index contributed by atoms with van der Waals surface area (Å²) in [5.41, 5.74) is -1.35. The van der Waals surface area contributed by atoms with Crippen molar-refractivity contribution in [3.8, 4) is 6.07 Å². The third-order valence-electron chi connectivity index (χ3n) is 3.83. The van der Waals surface area contributed by atoms with E-state index in [9.17, 15) is 22.8 Å². The van der Waals surface area contributed by atoms with E-state index in [0.29, 0.717) is 13.0 Å². The highest BCUT2D eigenvalue weighted by molar-refractivity contribution is 5.96. The number of halogens is 3. The number of carbonyl (C=O) groups is 2. The number of alkyl halides is 3. The van der Waals surface area contributed by atoms with Crippen LogP contribution < -0.4 is 0 Å². The number of amides is 2. The second-order valence-corrected chi connectivity index (χ2v) is 5.40. The first-order chi connectivity index (χ1) is 11.3. The van der Waals surface area contributed by atoms with Crippen molar-refractivity contribution in [3.05, 3.63) is 35.4 Å². The highest BCUT2D eigenvalue weighted by atomic mass is 19.4. The Kier molecular flexibility index (Phi) is 5.44. The van der Waals surface area contributed by atoms with E-state index in [1.807, 2.05) is 0 Å². The van der Waals surface area contributed by atoms with E-state index in [-0.39, 0.29) is 37.5 Å². The highest BCUT2D eigenvalue weighted by Crippen LogP contribution is 2.32. The van der Waals surface area contributed by atoms with Crippen LogP contribution in [0.1, 0.15) is 28.8 Å². The lowest BCUT2D eigenvalue weighted by Gasteiger charge is -2.23. The van der Waals surface area contributed by atoms with Crippen LogP contribution in [0.4, 0.5) is 13.2 Å². The molecule has 0 aliphatic carbocycles. The van der Waals surface area contributed by atoms with Gasteiger partial charge < -0.3 is 9.80 Å². The van der Waals surface area contributed by atoms with E-state index >= 15 is 0 Å². The summed E-state index contributed by atoms with van der Waals surface area (Å²) in [5.74, 6) is -1.03. The topological polar surface area (TPSA) is 64.4 Å². The molecule has 1 saturated heterocycles. The molecule has 0 bridgehead atoms. The van der Waals surface area contributed by atoms with E-state index in [0.717, 1.165) is 12.1 Å². The number of carbonyl (C=O) groups excluding carboxylic acids is 2. The number of nitriles is 1. The van der Waals surface area contributed by atoms with Crippen molar-refractivity contribution in [2.75, 3.05) is 26.2 Å². The lowest BCUT2D eigenvalue weighted by molar-refractivity contribution is -0.138. The van der Waals surface area contributed by atoms with Crippen molar-refractivity contribution >= 4 is 11.8 Å². The van der Waals surface area contributed by atoms with Crippen LogP contribution in [0.5, 0.6) is 0 Å². The second kappa shape index (κ2) is 7.34. The molecule has 0 N–H and O–H groups in total. The summed E-state index contributed by atoms with van der Waals surface area (Å²) in [6.45, 7) is 0.995. The predicted molar refractivity (Wildman–Crippen MR) is 78.8 cm³/mol. The molecule has 24 heavy (non-hydrogen) atoms. The van der Waals surface area contributed by atoms with Crippen LogP contribution in [0.15, 0.2) is 24.3 Å². The number of hydrogen-bond donors (Lipinski definition) is 0. The molecule has 0 aromatic heterocycles. The number of rotatable bonds is 2. The fourth-order valence-corrected chi connectivity index (χ4v) is 2.64. The number of hydrogen-bond acceptors (Lipinski definition) is 3. The predicted octanol–water partition coefficient (Wildman–Crippen LogP) is 2.29. The van der Waals surface area contributed by atoms with Crippen molar-refractivity contribution in [3.63, 3.8) is 0 Å². The van der Waals surface area contributed by atoms with Gasteiger partial charge in [0.1, 0.15) is 6.42 Å². The van der Waals surface area contributed by atoms with Crippen LogP contribution in [0.25, 0.3) is 0 Å². The van der Waals surface area contributed by atoms with Crippen LogP contribution in [-0.4, -0.2) is 47.8 Å². The van der Waals surface area contributed by atoms with E-state index in [2.05, 4.69) is 0 Å². The molecule has 0 saturated carbocycles. The van der Waals surface area contributed by atoms with Gasteiger partial charge >= 0.3 is 6.18 Å². The molecule has 0 atom stereocenters. The largest absolute Gasteiger partial charge is 0.417 e. The molecule has 2 amide bonds. The molecule has 1 aromatic rings. The Morgan fingerprint density at radius 2 is 1.71 bits per heavy atom. The monoisotopic (exact) mass is 339 g/mol. The maximum Gasteiger partial charge on any atom is 0.417 e. The maximum atomic E-state index is 13.1. The normalized spacial score (nSPS) is 15.6. The van der Waals surface area contributed by atoms with Crippen molar-refractivity contribution in [1.82, 2.24) is 9.80 Å². The summed E-state index contributed by atoms with van der Waals surface area (Å²) >= 11 is 0. The molecule has 2 rings (SSSR count). The Balaban J connectivity index is 2.15. The lowest BCUT2D eigenvalue weighted by atomic mass is 10.1. The maximum absolute atomic E-state index is 13.1. The molecule has 1 fully saturated rings. The Bertz CT molecular complexity index is 667. The summed E-state index contributed by atoms with van der Waals surface area (Å²) in [5, 5.41) is 8.56. The molecule has 0 unspecified atom stereocenters. The minimum Gasteiger partial charge on any atom is -0.340 e. The van der Waals surface area contributed by atoms with Gasteiger partial charge in [-0.2, -0.15) is 18.4 Å². The average molecular weight is 339 g/mol. The minimum absolute atomic E-state index is 0.141. The smallest absolute Gasteiger partial charge is 0.340 e. The standard InChI is InChI=1S/C16H16F3N3O2/c17-16(18,19)13-5-2-1-4-12(13)15(24)22-9-3-8-21(10-11-22)14(23)6-7-20/h1-2,4-5H,3,6,8-11H2. The van der Waals surface area contributed by atoms with Crippen LogP contribution in [-0.2, 0) is 11.0 Å². The van der Waals surface area contributed by atoms with E-state index < -0.39 is 17.6 Å². The van der Waals surface area contributed by atoms with Gasteiger partial charge in [0.2, 0.25) is 5.91 Å². The summed E-state index contributed by atoms with van der Waals surface area (Å²) in [7, 11) is 0. The van der Waals surface area contributed by atoms with Gasteiger partial charge in [-0.25, -0.2) is 0 Å². The molecular formula is C16H16F3N3O2. The van der Waals surface area contributed by atoms with Gasteiger partial charge in [-0.3, -0.25) is 9.59 Å². The van der Waals surface area contributed by atoms with Gasteiger partial charge in [-0.15, -0.1) is 0 Å². The van der Waals surface area contributed by atoms with Crippen LogP contribution in [0.3, 0.4) is 0 Å². The number of nitrogens with zero attached hydrogens (tertiary/aromatic N) is 3. The van der Waals surface area contributed by atoms with Gasteiger partial charge in [0.05, 0.1) is 17.2 Å². The van der Waals surface area contributed by atoms with E-state index in [4.69, 9.17) is 5.26 Å². The fourth-order valence-electron chi connectivity index (χ4n) is 2.64. The lowest BCUT2D eigenvalue weighted by Crippen LogP contribution is -2.37. The van der Waals surface area contributed by atoms with E-state index in [1.165, 1.54) is 21.9 Å². The van der Waals surface area contributed by atoms with Crippen LogP contribution in [0.2, 0.25) is 0 Å². The van der Waals surface area contributed by atoms with Gasteiger partial charge in [-0.05, 0) is 18.6 Å². The highest BCUT2D eigenvalue weighted by Gasteiger charge is 2.36.